The van der Waals surface area contributed by atoms with E-state index in [9.17, 15) is 4.79 Å². The van der Waals surface area contributed by atoms with Crippen LogP contribution in [0.25, 0.3) is 0 Å². The van der Waals surface area contributed by atoms with Gasteiger partial charge >= 0.3 is 56.7 Å². The molecule has 1 N–H and O–H groups in total. The first-order valence-electron chi connectivity index (χ1n) is 9.86. The Labute approximate surface area is 210 Å². The summed E-state index contributed by atoms with van der Waals surface area (Å²) in [6.45, 7) is 16.5. The van der Waals surface area contributed by atoms with Gasteiger partial charge in [0.25, 0.3) is 0 Å². The van der Waals surface area contributed by atoms with Crippen LogP contribution in [-0.4, -0.2) is 40.3 Å². The predicted octanol–water partition coefficient (Wildman–Crippen LogP) is 2.84. The minimum atomic E-state index is -0.222. The van der Waals surface area contributed by atoms with E-state index in [1.54, 1.807) is 33.2 Å². The Bertz CT molecular complexity index is 983. The van der Waals surface area contributed by atoms with Gasteiger partial charge in [-0.15, -0.1) is 0 Å². The van der Waals surface area contributed by atoms with E-state index in [4.69, 9.17) is 28.2 Å². The summed E-state index contributed by atoms with van der Waals surface area (Å²) in [6.07, 6.45) is 9.96. The molecule has 1 aliphatic carbocycles. The summed E-state index contributed by atoms with van der Waals surface area (Å²) >= 11 is 0. The smallest absolute Gasteiger partial charge is 3.00 e. The fourth-order valence-electron chi connectivity index (χ4n) is 4.60. The quantitative estimate of drug-likeness (QED) is 0.382. The molecule has 1 aromatic carbocycles. The number of ether oxygens (including phenoxy) is 3. The normalized spacial score (nSPS) is 17.9. The van der Waals surface area contributed by atoms with Crippen molar-refractivity contribution in [2.75, 3.05) is 44.6 Å². The van der Waals surface area contributed by atoms with Crippen molar-refractivity contribution in [3.05, 3.63) is 55.1 Å². The van der Waals surface area contributed by atoms with Gasteiger partial charge in [-0.3, -0.25) is 4.79 Å². The van der Waals surface area contributed by atoms with Crippen LogP contribution in [0.4, 0.5) is 11.4 Å². The van der Waals surface area contributed by atoms with Gasteiger partial charge in [-0.25, -0.2) is 0 Å². The Morgan fingerprint density at radius 2 is 1.71 bits per heavy atom. The molecule has 1 atom stereocenters. The number of carbonyl (C=O) groups excluding carboxylic acids is 1. The van der Waals surface area contributed by atoms with Crippen LogP contribution in [0.15, 0.2) is 17.9 Å². The SMILES string of the molecule is COC1=CC[C@@]2(C=[C+]1)CCNc1c(OC)c3c(c(OC)c12)CCN3C(C)=O.[C-]#[O+].[C-]#[O+].[C-]#[O+].[Fe+3]. The molecule has 0 aromatic heterocycles. The van der Waals surface area contributed by atoms with E-state index in [2.05, 4.69) is 43.5 Å². The Balaban J connectivity index is 0.00000145. The summed E-state index contributed by atoms with van der Waals surface area (Å²) in [5, 5.41) is 3.50. The number of amides is 1. The molecule has 1 radical (unpaired) electrons. The average Bonchev–Trinajstić information content (AvgIpc) is 3.32. The van der Waals surface area contributed by atoms with Crippen LogP contribution < -0.4 is 19.7 Å². The van der Waals surface area contributed by atoms with Gasteiger partial charge in [0.1, 0.15) is 11.8 Å². The van der Waals surface area contributed by atoms with E-state index < -0.39 is 0 Å². The van der Waals surface area contributed by atoms with E-state index in [-0.39, 0.29) is 28.4 Å². The molecule has 2 heterocycles. The molecule has 10 heteroatoms. The molecule has 0 fully saturated rings. The maximum atomic E-state index is 12.2. The van der Waals surface area contributed by atoms with Gasteiger partial charge in [0, 0.05) is 31.1 Å². The number of nitrogens with one attached hydrogen (secondary N) is 1. The van der Waals surface area contributed by atoms with Crippen LogP contribution in [0.5, 0.6) is 11.5 Å². The van der Waals surface area contributed by atoms with E-state index in [0.29, 0.717) is 6.54 Å². The minimum absolute atomic E-state index is 0. The molecule has 4 rings (SSSR count). The molecule has 177 valence electrons. The molecule has 1 amide bonds. The molecule has 9 nitrogen and oxygen atoms in total. The number of hydrogen-bond acceptors (Lipinski definition) is 5. The summed E-state index contributed by atoms with van der Waals surface area (Å²) in [6, 6.07) is 0. The summed E-state index contributed by atoms with van der Waals surface area (Å²) in [4.78, 5) is 14.0. The zero-order valence-electron chi connectivity index (χ0n) is 19.3. The van der Waals surface area contributed by atoms with Crippen molar-refractivity contribution in [2.45, 2.75) is 31.6 Å². The van der Waals surface area contributed by atoms with Gasteiger partial charge < -0.3 is 24.4 Å². The van der Waals surface area contributed by atoms with Gasteiger partial charge in [0.05, 0.1) is 56.7 Å². The number of nitrogens with zero attached hydrogens (tertiary/aromatic N) is 1. The van der Waals surface area contributed by atoms with Gasteiger partial charge in [-0.1, -0.05) is 0 Å². The van der Waals surface area contributed by atoms with Crippen molar-refractivity contribution < 1.29 is 50.0 Å². The van der Waals surface area contributed by atoms with Crippen LogP contribution in [0.1, 0.15) is 30.9 Å². The van der Waals surface area contributed by atoms with Gasteiger partial charge in [0.2, 0.25) is 5.91 Å². The van der Waals surface area contributed by atoms with Crippen molar-refractivity contribution in [3.63, 3.8) is 0 Å². The molecule has 34 heavy (non-hydrogen) atoms. The molecule has 2 aliphatic heterocycles. The second-order valence-electron chi connectivity index (χ2n) is 7.16. The molecule has 0 bridgehead atoms. The minimum Gasteiger partial charge on any atom is 3.00 e. The molecule has 3 aliphatic rings. The fraction of sp³-hybridized carbons (Fsp3) is 0.417. The Morgan fingerprint density at radius 1 is 1.09 bits per heavy atom. The number of methoxy groups -OCH3 is 3. The Kier molecular flexibility index (Phi) is 13.1. The first-order valence-corrected chi connectivity index (χ1v) is 9.86. The maximum Gasteiger partial charge on any atom is 3.00 e. The van der Waals surface area contributed by atoms with Crippen LogP contribution in [0.2, 0.25) is 0 Å². The second kappa shape index (κ2) is 14.3. The molecular formula is C24H25FeN2O7+4. The first-order chi connectivity index (χ1) is 16.1. The number of fused-ring (bicyclic) bond motifs is 3. The Hall–Kier alpha value is -2.98. The summed E-state index contributed by atoms with van der Waals surface area (Å²) in [5.41, 5.74) is 3.67. The zero-order chi connectivity index (χ0) is 25.2. The molecular weight excluding hydrogens is 484 g/mol. The van der Waals surface area contributed by atoms with Crippen molar-refractivity contribution in [2.24, 2.45) is 0 Å². The van der Waals surface area contributed by atoms with E-state index in [1.807, 2.05) is 0 Å². The van der Waals surface area contributed by atoms with Crippen molar-refractivity contribution >= 4 is 17.3 Å². The van der Waals surface area contributed by atoms with Gasteiger partial charge in [-0.2, -0.15) is 0 Å². The number of benzene rings is 1. The van der Waals surface area contributed by atoms with Crippen molar-refractivity contribution in [1.29, 1.82) is 0 Å². The maximum absolute atomic E-state index is 12.2. The molecule has 1 aromatic rings. The van der Waals surface area contributed by atoms with Crippen LogP contribution in [0.3, 0.4) is 0 Å². The number of anilines is 2. The number of rotatable bonds is 3. The topological polar surface area (TPSA) is 120 Å². The average molecular weight is 509 g/mol. The summed E-state index contributed by atoms with van der Waals surface area (Å²) in [7, 11) is 5.02. The largest absolute Gasteiger partial charge is 3.00 e. The standard InChI is InChI=1S/C21H25N2O4.3CO.Fe/c1-13(24)23-12-7-15-18(23)20(27-4)17-16(19(15)26-3)21(10-11-22-17)8-5-14(25-2)6-9-21;3*1-2;/h5,9,22H,7-8,10-12H2,1-4H3;;;;/q+1;;;;+3/t21-;;;;/m1..../s1. The van der Waals surface area contributed by atoms with Crippen LogP contribution in [-0.2, 0) is 52.4 Å². The Morgan fingerprint density at radius 3 is 2.18 bits per heavy atom. The van der Waals surface area contributed by atoms with E-state index in [1.165, 1.54) is 0 Å². The van der Waals surface area contributed by atoms with Crippen LogP contribution in [0, 0.1) is 26.0 Å². The third kappa shape index (κ3) is 5.39. The fourth-order valence-corrected chi connectivity index (χ4v) is 4.60. The second-order valence-corrected chi connectivity index (χ2v) is 7.16. The van der Waals surface area contributed by atoms with E-state index >= 15 is 0 Å². The van der Waals surface area contributed by atoms with E-state index in [0.717, 1.165) is 65.6 Å². The first kappa shape index (κ1) is 31.0. The third-order valence-electron chi connectivity index (χ3n) is 5.86. The van der Waals surface area contributed by atoms with Crippen LogP contribution >= 0.6 is 0 Å². The molecule has 1 spiro atoms. The summed E-state index contributed by atoms with van der Waals surface area (Å²) in [5.74, 6) is 2.35. The molecule has 0 unspecified atom stereocenters. The predicted molar refractivity (Wildman–Crippen MR) is 115 cm³/mol. The molecule has 0 saturated heterocycles. The van der Waals surface area contributed by atoms with Crippen molar-refractivity contribution in [1.82, 2.24) is 0 Å². The number of allylic oxidation sites excluding steroid dienone is 3. The van der Waals surface area contributed by atoms with Gasteiger partial charge in [0.15, 0.2) is 5.75 Å². The number of hydrogen-bond donors (Lipinski definition) is 1. The number of carbonyl (C=O) groups is 1. The van der Waals surface area contributed by atoms with Crippen molar-refractivity contribution in [3.8, 4) is 11.5 Å². The third-order valence-corrected chi connectivity index (χ3v) is 5.86. The monoisotopic (exact) mass is 509 g/mol. The van der Waals surface area contributed by atoms with Gasteiger partial charge in [-0.05, 0) is 12.8 Å². The summed E-state index contributed by atoms with van der Waals surface area (Å²) < 4.78 is 39.6. The zero-order valence-corrected chi connectivity index (χ0v) is 20.5. The molecule has 0 saturated carbocycles.